The molecule has 1 rings (SSSR count). The summed E-state index contributed by atoms with van der Waals surface area (Å²) in [5.74, 6) is -0.0618. The molecule has 1 unspecified atom stereocenters. The summed E-state index contributed by atoms with van der Waals surface area (Å²) in [4.78, 5) is 11.0. The van der Waals surface area contributed by atoms with E-state index in [1.54, 1.807) is 0 Å². The van der Waals surface area contributed by atoms with E-state index < -0.39 is 5.60 Å². The molecule has 0 spiro atoms. The Morgan fingerprint density at radius 1 is 1.69 bits per heavy atom. The average Bonchev–Trinajstić information content (AvgIpc) is 2.55. The molecule has 3 heteroatoms. The third-order valence-corrected chi connectivity index (χ3v) is 2.44. The van der Waals surface area contributed by atoms with Crippen LogP contribution in [-0.2, 0) is 14.3 Å². The van der Waals surface area contributed by atoms with Crippen LogP contribution in [0.25, 0.3) is 0 Å². The lowest BCUT2D eigenvalue weighted by atomic mass is 9.90. The minimum absolute atomic E-state index is 0.302. The summed E-state index contributed by atoms with van der Waals surface area (Å²) in [6.45, 7) is 8.63. The third-order valence-electron chi connectivity index (χ3n) is 2.44. The molecular weight excluding hydrogens is 168 g/mol. The van der Waals surface area contributed by atoms with E-state index in [2.05, 4.69) is 6.58 Å². The molecule has 1 aliphatic rings. The van der Waals surface area contributed by atoms with Crippen molar-refractivity contribution < 1.29 is 14.3 Å². The summed E-state index contributed by atoms with van der Waals surface area (Å²) < 4.78 is 10.5. The fourth-order valence-corrected chi connectivity index (χ4v) is 1.47. The minimum Gasteiger partial charge on any atom is -0.456 e. The van der Waals surface area contributed by atoms with Gasteiger partial charge in [-0.1, -0.05) is 6.58 Å². The van der Waals surface area contributed by atoms with Crippen LogP contribution in [0.1, 0.15) is 20.3 Å². The minimum atomic E-state index is -0.443. The van der Waals surface area contributed by atoms with Crippen LogP contribution < -0.4 is 0 Å². The zero-order valence-electron chi connectivity index (χ0n) is 8.21. The number of ether oxygens (including phenoxy) is 2. The predicted molar refractivity (Wildman–Crippen MR) is 49.3 cm³/mol. The Kier molecular flexibility index (Phi) is 3.09. The summed E-state index contributed by atoms with van der Waals surface area (Å²) in [5.41, 5.74) is -0.443. The molecule has 1 fully saturated rings. The maximum absolute atomic E-state index is 11.0. The predicted octanol–water partition coefficient (Wildman–Crippen LogP) is 1.53. The fourth-order valence-electron chi connectivity index (χ4n) is 1.47. The van der Waals surface area contributed by atoms with Crippen LogP contribution in [0.4, 0.5) is 0 Å². The molecule has 0 amide bonds. The van der Waals surface area contributed by atoms with Gasteiger partial charge in [0.2, 0.25) is 0 Å². The summed E-state index contributed by atoms with van der Waals surface area (Å²) >= 11 is 0. The Hall–Kier alpha value is -0.830. The first-order chi connectivity index (χ1) is 6.06. The highest BCUT2D eigenvalue weighted by atomic mass is 16.6. The lowest BCUT2D eigenvalue weighted by Gasteiger charge is -2.29. The van der Waals surface area contributed by atoms with Gasteiger partial charge in [0.1, 0.15) is 5.60 Å². The Morgan fingerprint density at radius 3 is 2.85 bits per heavy atom. The monoisotopic (exact) mass is 184 g/mol. The van der Waals surface area contributed by atoms with E-state index in [1.165, 1.54) is 6.08 Å². The number of rotatable bonds is 3. The highest BCUT2D eigenvalue weighted by Gasteiger charge is 2.35. The van der Waals surface area contributed by atoms with E-state index in [-0.39, 0.29) is 5.97 Å². The fraction of sp³-hybridized carbons (Fsp3) is 0.700. The van der Waals surface area contributed by atoms with Gasteiger partial charge in [-0.2, -0.15) is 0 Å². The molecule has 0 radical (unpaired) electrons. The maximum atomic E-state index is 11.0. The van der Waals surface area contributed by atoms with Crippen molar-refractivity contribution in [1.82, 2.24) is 0 Å². The van der Waals surface area contributed by atoms with Gasteiger partial charge in [0.15, 0.2) is 0 Å². The van der Waals surface area contributed by atoms with Crippen LogP contribution in [0, 0.1) is 5.92 Å². The van der Waals surface area contributed by atoms with Crippen molar-refractivity contribution >= 4 is 5.97 Å². The van der Waals surface area contributed by atoms with Gasteiger partial charge in [-0.25, -0.2) is 4.79 Å². The van der Waals surface area contributed by atoms with Crippen molar-refractivity contribution in [3.05, 3.63) is 12.7 Å². The van der Waals surface area contributed by atoms with Gasteiger partial charge < -0.3 is 9.47 Å². The maximum Gasteiger partial charge on any atom is 0.330 e. The van der Waals surface area contributed by atoms with Crippen LogP contribution in [0.3, 0.4) is 0 Å². The molecule has 1 aliphatic heterocycles. The largest absolute Gasteiger partial charge is 0.456 e. The Morgan fingerprint density at radius 2 is 2.38 bits per heavy atom. The molecule has 0 aromatic carbocycles. The molecule has 0 aromatic heterocycles. The molecule has 0 N–H and O–H groups in total. The molecule has 13 heavy (non-hydrogen) atoms. The zero-order valence-corrected chi connectivity index (χ0v) is 8.21. The summed E-state index contributed by atoms with van der Waals surface area (Å²) in [6, 6.07) is 0. The van der Waals surface area contributed by atoms with Crippen molar-refractivity contribution in [1.29, 1.82) is 0 Å². The normalized spacial score (nSPS) is 22.8. The van der Waals surface area contributed by atoms with E-state index in [4.69, 9.17) is 9.47 Å². The molecule has 1 heterocycles. The van der Waals surface area contributed by atoms with E-state index in [1.807, 2.05) is 13.8 Å². The highest BCUT2D eigenvalue weighted by Crippen LogP contribution is 2.28. The summed E-state index contributed by atoms with van der Waals surface area (Å²) in [7, 11) is 0. The second-order valence-corrected chi connectivity index (χ2v) is 3.79. The van der Waals surface area contributed by atoms with Gasteiger partial charge in [-0.15, -0.1) is 0 Å². The number of carbonyl (C=O) groups is 1. The van der Waals surface area contributed by atoms with Gasteiger partial charge in [0.25, 0.3) is 0 Å². The molecule has 74 valence electrons. The number of hydrogen-bond donors (Lipinski definition) is 0. The van der Waals surface area contributed by atoms with E-state index in [9.17, 15) is 4.79 Å². The number of carbonyl (C=O) groups excluding carboxylic acids is 1. The Balaban J connectivity index is 2.52. The molecule has 0 aliphatic carbocycles. The molecule has 1 saturated heterocycles. The van der Waals surface area contributed by atoms with E-state index in [0.717, 1.165) is 13.0 Å². The lowest BCUT2D eigenvalue weighted by Crippen LogP contribution is -2.36. The first kappa shape index (κ1) is 10.3. The smallest absolute Gasteiger partial charge is 0.330 e. The Labute approximate surface area is 78.7 Å². The number of esters is 1. The molecular formula is C10H16O3. The SMILES string of the molecule is C=CC(=O)OC(C)(C)C1CCOC1. The van der Waals surface area contributed by atoms with E-state index in [0.29, 0.717) is 12.5 Å². The van der Waals surface area contributed by atoms with Gasteiger partial charge in [-0.05, 0) is 20.3 Å². The van der Waals surface area contributed by atoms with Crippen molar-refractivity contribution in [3.8, 4) is 0 Å². The summed E-state index contributed by atoms with van der Waals surface area (Å²) in [5, 5.41) is 0. The van der Waals surface area contributed by atoms with Crippen LogP contribution in [-0.4, -0.2) is 24.8 Å². The molecule has 1 atom stereocenters. The van der Waals surface area contributed by atoms with E-state index >= 15 is 0 Å². The van der Waals surface area contributed by atoms with Gasteiger partial charge in [-0.3, -0.25) is 0 Å². The first-order valence-corrected chi connectivity index (χ1v) is 4.49. The quantitative estimate of drug-likeness (QED) is 0.493. The molecule has 0 aromatic rings. The highest BCUT2D eigenvalue weighted by molar-refractivity contribution is 5.81. The second-order valence-electron chi connectivity index (χ2n) is 3.79. The molecule has 3 nitrogen and oxygen atoms in total. The van der Waals surface area contributed by atoms with Crippen molar-refractivity contribution in [3.63, 3.8) is 0 Å². The zero-order chi connectivity index (χ0) is 9.90. The molecule has 0 bridgehead atoms. The topological polar surface area (TPSA) is 35.5 Å². The second kappa shape index (κ2) is 3.92. The average molecular weight is 184 g/mol. The van der Waals surface area contributed by atoms with Gasteiger partial charge in [0.05, 0.1) is 6.61 Å². The molecule has 0 saturated carbocycles. The Bertz CT molecular complexity index is 202. The van der Waals surface area contributed by atoms with Crippen LogP contribution >= 0.6 is 0 Å². The van der Waals surface area contributed by atoms with Crippen LogP contribution in [0.2, 0.25) is 0 Å². The summed E-state index contributed by atoms with van der Waals surface area (Å²) in [6.07, 6.45) is 2.15. The van der Waals surface area contributed by atoms with Crippen LogP contribution in [0.15, 0.2) is 12.7 Å². The first-order valence-electron chi connectivity index (χ1n) is 4.49. The third kappa shape index (κ3) is 2.56. The lowest BCUT2D eigenvalue weighted by molar-refractivity contribution is -0.155. The number of hydrogen-bond acceptors (Lipinski definition) is 3. The standard InChI is InChI=1S/C10H16O3/c1-4-9(11)13-10(2,3)8-5-6-12-7-8/h4,8H,1,5-7H2,2-3H3. The van der Waals surface area contributed by atoms with Gasteiger partial charge in [0, 0.05) is 18.6 Å². The van der Waals surface area contributed by atoms with Gasteiger partial charge >= 0.3 is 5.97 Å². The van der Waals surface area contributed by atoms with Crippen molar-refractivity contribution in [2.75, 3.05) is 13.2 Å². The van der Waals surface area contributed by atoms with Crippen LogP contribution in [0.5, 0.6) is 0 Å². The van der Waals surface area contributed by atoms with Crippen molar-refractivity contribution in [2.24, 2.45) is 5.92 Å². The van der Waals surface area contributed by atoms with Crippen molar-refractivity contribution in [2.45, 2.75) is 25.9 Å².